The van der Waals surface area contributed by atoms with E-state index in [1.54, 1.807) is 18.2 Å². The standard InChI is InChI=1S/C13H11Br2ClN2O2S/c14-9-1-3-11(15)13(6-9)18-21(19,20)10-2-4-12(16)8(5-10)7-17/h1-6,18H,7,17H2. The maximum Gasteiger partial charge on any atom is 0.261 e. The molecule has 0 amide bonds. The largest absolute Gasteiger partial charge is 0.326 e. The molecule has 0 radical (unpaired) electrons. The third-order valence-corrected chi connectivity index (χ3v) is 5.64. The Morgan fingerprint density at radius 1 is 1.14 bits per heavy atom. The van der Waals surface area contributed by atoms with E-state index in [4.69, 9.17) is 17.3 Å². The van der Waals surface area contributed by atoms with Crippen LogP contribution < -0.4 is 10.5 Å². The first-order valence-corrected chi connectivity index (χ1v) is 9.24. The molecule has 0 heterocycles. The highest BCUT2D eigenvalue weighted by atomic mass is 79.9. The van der Waals surface area contributed by atoms with Crippen molar-refractivity contribution in [1.29, 1.82) is 0 Å². The molecule has 0 saturated carbocycles. The van der Waals surface area contributed by atoms with Gasteiger partial charge < -0.3 is 5.73 Å². The normalized spacial score (nSPS) is 11.4. The number of hydrogen-bond donors (Lipinski definition) is 2. The Morgan fingerprint density at radius 3 is 2.52 bits per heavy atom. The van der Waals surface area contributed by atoms with Gasteiger partial charge in [0, 0.05) is 20.5 Å². The molecule has 21 heavy (non-hydrogen) atoms. The van der Waals surface area contributed by atoms with Crippen molar-refractivity contribution in [2.24, 2.45) is 5.73 Å². The maximum absolute atomic E-state index is 12.4. The fourth-order valence-corrected chi connectivity index (χ4v) is 3.81. The van der Waals surface area contributed by atoms with E-state index < -0.39 is 10.0 Å². The topological polar surface area (TPSA) is 72.2 Å². The van der Waals surface area contributed by atoms with Crippen molar-refractivity contribution in [3.05, 3.63) is 55.9 Å². The molecule has 0 aliphatic carbocycles. The van der Waals surface area contributed by atoms with Crippen LogP contribution in [0, 0.1) is 0 Å². The van der Waals surface area contributed by atoms with E-state index in [0.29, 0.717) is 20.7 Å². The minimum absolute atomic E-state index is 0.110. The van der Waals surface area contributed by atoms with E-state index in [9.17, 15) is 8.42 Å². The summed E-state index contributed by atoms with van der Waals surface area (Å²) < 4.78 is 28.8. The number of nitrogens with one attached hydrogen (secondary N) is 1. The number of benzene rings is 2. The lowest BCUT2D eigenvalue weighted by molar-refractivity contribution is 0.601. The van der Waals surface area contributed by atoms with Crippen molar-refractivity contribution < 1.29 is 8.42 Å². The molecule has 0 fully saturated rings. The van der Waals surface area contributed by atoms with Crippen LogP contribution in [0.1, 0.15) is 5.56 Å². The highest BCUT2D eigenvalue weighted by molar-refractivity contribution is 9.11. The van der Waals surface area contributed by atoms with Crippen LogP contribution in [0.2, 0.25) is 5.02 Å². The van der Waals surface area contributed by atoms with E-state index in [1.165, 1.54) is 18.2 Å². The number of halogens is 3. The molecular formula is C13H11Br2ClN2O2S. The number of hydrogen-bond acceptors (Lipinski definition) is 3. The molecule has 2 aromatic carbocycles. The molecule has 8 heteroatoms. The highest BCUT2D eigenvalue weighted by Crippen LogP contribution is 2.29. The Hall–Kier alpha value is -0.600. The van der Waals surface area contributed by atoms with Crippen molar-refractivity contribution in [3.8, 4) is 0 Å². The summed E-state index contributed by atoms with van der Waals surface area (Å²) in [5, 5.41) is 0.445. The first-order valence-electron chi connectivity index (χ1n) is 5.80. The Labute approximate surface area is 145 Å². The molecule has 0 aliphatic rings. The minimum atomic E-state index is -3.72. The predicted octanol–water partition coefficient (Wildman–Crippen LogP) is 4.12. The summed E-state index contributed by atoms with van der Waals surface area (Å²) in [6.45, 7) is 0.169. The number of rotatable bonds is 4. The van der Waals surface area contributed by atoms with Crippen LogP contribution in [0.25, 0.3) is 0 Å². The van der Waals surface area contributed by atoms with Gasteiger partial charge in [-0.25, -0.2) is 8.42 Å². The van der Waals surface area contributed by atoms with Crippen LogP contribution in [0.4, 0.5) is 5.69 Å². The lowest BCUT2D eigenvalue weighted by Crippen LogP contribution is -2.14. The van der Waals surface area contributed by atoms with Crippen molar-refractivity contribution in [1.82, 2.24) is 0 Å². The molecule has 2 rings (SSSR count). The lowest BCUT2D eigenvalue weighted by Gasteiger charge is -2.11. The molecule has 0 unspecified atom stereocenters. The first kappa shape index (κ1) is 16.8. The van der Waals surface area contributed by atoms with E-state index >= 15 is 0 Å². The SMILES string of the molecule is NCc1cc(S(=O)(=O)Nc2cc(Br)ccc2Br)ccc1Cl. The van der Waals surface area contributed by atoms with Gasteiger partial charge in [0.15, 0.2) is 0 Å². The average molecular weight is 455 g/mol. The summed E-state index contributed by atoms with van der Waals surface area (Å²) in [6.07, 6.45) is 0. The second kappa shape index (κ2) is 6.66. The summed E-state index contributed by atoms with van der Waals surface area (Å²) in [5.41, 5.74) is 6.56. The van der Waals surface area contributed by atoms with Crippen LogP contribution in [0.15, 0.2) is 50.2 Å². The van der Waals surface area contributed by atoms with E-state index in [-0.39, 0.29) is 11.4 Å². The molecule has 0 spiro atoms. The minimum Gasteiger partial charge on any atom is -0.326 e. The predicted molar refractivity (Wildman–Crippen MR) is 92.0 cm³/mol. The zero-order chi connectivity index (χ0) is 15.6. The molecular weight excluding hydrogens is 443 g/mol. The van der Waals surface area contributed by atoms with Gasteiger partial charge in [-0.05, 0) is 57.9 Å². The molecule has 0 atom stereocenters. The van der Waals surface area contributed by atoms with Gasteiger partial charge in [-0.15, -0.1) is 0 Å². The summed E-state index contributed by atoms with van der Waals surface area (Å²) in [5.74, 6) is 0. The second-order valence-corrected chi connectivity index (χ2v) is 8.05. The third-order valence-electron chi connectivity index (χ3n) is 2.72. The Bertz CT molecular complexity index is 782. The Kier molecular flexibility index (Phi) is 5.32. The molecule has 2 aromatic rings. The van der Waals surface area contributed by atoms with Crippen LogP contribution in [-0.2, 0) is 16.6 Å². The maximum atomic E-state index is 12.4. The van der Waals surface area contributed by atoms with Gasteiger partial charge in [0.2, 0.25) is 0 Å². The van der Waals surface area contributed by atoms with E-state index in [2.05, 4.69) is 36.6 Å². The summed E-state index contributed by atoms with van der Waals surface area (Å²) in [4.78, 5) is 0.110. The fourth-order valence-electron chi connectivity index (χ4n) is 1.65. The van der Waals surface area contributed by atoms with Crippen molar-refractivity contribution in [2.75, 3.05) is 4.72 Å². The number of anilines is 1. The van der Waals surface area contributed by atoms with E-state index in [1.807, 2.05) is 0 Å². The first-order chi connectivity index (χ1) is 9.83. The van der Waals surface area contributed by atoms with Gasteiger partial charge in [-0.1, -0.05) is 27.5 Å². The van der Waals surface area contributed by atoms with Crippen molar-refractivity contribution in [3.63, 3.8) is 0 Å². The van der Waals surface area contributed by atoms with Crippen LogP contribution >= 0.6 is 43.5 Å². The summed E-state index contributed by atoms with van der Waals surface area (Å²) in [6, 6.07) is 9.65. The van der Waals surface area contributed by atoms with Crippen LogP contribution in [0.3, 0.4) is 0 Å². The monoisotopic (exact) mass is 452 g/mol. The van der Waals surface area contributed by atoms with Crippen molar-refractivity contribution in [2.45, 2.75) is 11.4 Å². The molecule has 0 aromatic heterocycles. The van der Waals surface area contributed by atoms with Gasteiger partial charge in [0.1, 0.15) is 0 Å². The fraction of sp³-hybridized carbons (Fsp3) is 0.0769. The molecule has 112 valence electrons. The van der Waals surface area contributed by atoms with Gasteiger partial charge >= 0.3 is 0 Å². The van der Waals surface area contributed by atoms with Gasteiger partial charge in [-0.3, -0.25) is 4.72 Å². The third kappa shape index (κ3) is 3.98. The van der Waals surface area contributed by atoms with Gasteiger partial charge in [0.25, 0.3) is 10.0 Å². The molecule has 0 bridgehead atoms. The quantitative estimate of drug-likeness (QED) is 0.730. The highest BCUT2D eigenvalue weighted by Gasteiger charge is 2.17. The second-order valence-electron chi connectivity index (χ2n) is 4.19. The smallest absolute Gasteiger partial charge is 0.261 e. The molecule has 4 nitrogen and oxygen atoms in total. The number of sulfonamides is 1. The Morgan fingerprint density at radius 2 is 1.86 bits per heavy atom. The van der Waals surface area contributed by atoms with Gasteiger partial charge in [0.05, 0.1) is 10.6 Å². The van der Waals surface area contributed by atoms with Crippen LogP contribution in [0.5, 0.6) is 0 Å². The summed E-state index contributed by atoms with van der Waals surface area (Å²) >= 11 is 12.6. The molecule has 0 saturated heterocycles. The number of nitrogens with two attached hydrogens (primary N) is 1. The summed E-state index contributed by atoms with van der Waals surface area (Å²) in [7, 11) is -3.72. The lowest BCUT2D eigenvalue weighted by atomic mass is 10.2. The van der Waals surface area contributed by atoms with E-state index in [0.717, 1.165) is 4.47 Å². The molecule has 3 N–H and O–H groups in total. The van der Waals surface area contributed by atoms with Crippen molar-refractivity contribution >= 4 is 59.2 Å². The zero-order valence-electron chi connectivity index (χ0n) is 10.6. The zero-order valence-corrected chi connectivity index (χ0v) is 15.4. The molecule has 0 aliphatic heterocycles. The average Bonchev–Trinajstić information content (AvgIpc) is 2.43. The van der Waals surface area contributed by atoms with Gasteiger partial charge in [-0.2, -0.15) is 0 Å². The van der Waals surface area contributed by atoms with Crippen LogP contribution in [-0.4, -0.2) is 8.42 Å². The Balaban J connectivity index is 2.41.